The van der Waals surface area contributed by atoms with Crippen LogP contribution in [0, 0.1) is 5.92 Å². The first-order chi connectivity index (χ1) is 8.20. The van der Waals surface area contributed by atoms with Crippen LogP contribution in [0.5, 0.6) is 0 Å². The van der Waals surface area contributed by atoms with E-state index in [2.05, 4.69) is 35.0 Å². The van der Waals surface area contributed by atoms with Crippen LogP contribution in [-0.2, 0) is 0 Å². The molecule has 4 nitrogen and oxygen atoms in total. The van der Waals surface area contributed by atoms with Gasteiger partial charge in [0.25, 0.3) is 0 Å². The number of piperidine rings is 1. The molecule has 1 N–H and O–H groups in total. The van der Waals surface area contributed by atoms with Crippen LogP contribution in [0.4, 0.5) is 5.82 Å². The van der Waals surface area contributed by atoms with Crippen molar-refractivity contribution in [3.8, 4) is 0 Å². The van der Waals surface area contributed by atoms with Crippen LogP contribution in [0.25, 0.3) is 0 Å². The average Bonchev–Trinajstić information content (AvgIpc) is 2.39. The average molecular weight is 235 g/mol. The Morgan fingerprint density at radius 3 is 2.82 bits per heavy atom. The molecule has 1 unspecified atom stereocenters. The lowest BCUT2D eigenvalue weighted by Gasteiger charge is -2.32. The van der Waals surface area contributed by atoms with E-state index >= 15 is 0 Å². The van der Waals surface area contributed by atoms with Crippen molar-refractivity contribution in [2.24, 2.45) is 5.92 Å². The van der Waals surface area contributed by atoms with E-state index in [9.17, 15) is 5.11 Å². The molecule has 4 heteroatoms. The number of aliphatic hydroxyl groups is 1. The van der Waals surface area contributed by atoms with E-state index < -0.39 is 0 Å². The number of anilines is 1. The summed E-state index contributed by atoms with van der Waals surface area (Å²) in [6, 6.07) is 4.09. The van der Waals surface area contributed by atoms with Crippen LogP contribution in [0.3, 0.4) is 0 Å². The number of rotatable bonds is 3. The van der Waals surface area contributed by atoms with Crippen molar-refractivity contribution < 1.29 is 5.11 Å². The zero-order valence-electron chi connectivity index (χ0n) is 10.6. The molecule has 0 saturated carbocycles. The van der Waals surface area contributed by atoms with Gasteiger partial charge < -0.3 is 10.0 Å². The number of hydrogen-bond donors (Lipinski definition) is 1. The second-order valence-electron chi connectivity index (χ2n) is 5.11. The summed E-state index contributed by atoms with van der Waals surface area (Å²) in [6.45, 7) is 6.42. The van der Waals surface area contributed by atoms with Crippen molar-refractivity contribution in [3.05, 3.63) is 17.8 Å². The van der Waals surface area contributed by atoms with Crippen molar-refractivity contribution in [3.63, 3.8) is 0 Å². The lowest BCUT2D eigenvalue weighted by atomic mass is 9.99. The Kier molecular flexibility index (Phi) is 3.94. The van der Waals surface area contributed by atoms with Gasteiger partial charge in [0.05, 0.1) is 5.69 Å². The summed E-state index contributed by atoms with van der Waals surface area (Å²) in [5.41, 5.74) is 1.03. The van der Waals surface area contributed by atoms with Crippen LogP contribution in [0.1, 0.15) is 38.3 Å². The highest BCUT2D eigenvalue weighted by Crippen LogP contribution is 2.21. The minimum absolute atomic E-state index is 0.272. The monoisotopic (exact) mass is 235 g/mol. The maximum Gasteiger partial charge on any atom is 0.151 e. The van der Waals surface area contributed by atoms with Crippen molar-refractivity contribution in [2.45, 2.75) is 32.6 Å². The minimum Gasteiger partial charge on any atom is -0.396 e. The molecule has 17 heavy (non-hydrogen) atoms. The molecular weight excluding hydrogens is 214 g/mol. The van der Waals surface area contributed by atoms with E-state index in [1.807, 2.05) is 6.07 Å². The third-order valence-electron chi connectivity index (χ3n) is 3.36. The molecule has 94 valence electrons. The summed E-state index contributed by atoms with van der Waals surface area (Å²) in [4.78, 5) is 2.22. The molecule has 0 spiro atoms. The highest BCUT2D eigenvalue weighted by molar-refractivity contribution is 5.38. The Morgan fingerprint density at radius 2 is 2.24 bits per heavy atom. The number of aromatic nitrogens is 2. The van der Waals surface area contributed by atoms with E-state index in [4.69, 9.17) is 0 Å². The first-order valence-electron chi connectivity index (χ1n) is 6.40. The van der Waals surface area contributed by atoms with Gasteiger partial charge in [0.1, 0.15) is 0 Å². The molecule has 0 amide bonds. The van der Waals surface area contributed by atoms with E-state index in [-0.39, 0.29) is 6.61 Å². The Balaban J connectivity index is 2.06. The predicted octanol–water partition coefficient (Wildman–Crippen LogP) is 1.81. The zero-order chi connectivity index (χ0) is 12.3. The van der Waals surface area contributed by atoms with Gasteiger partial charge in [-0.05, 0) is 36.8 Å². The normalized spacial score (nSPS) is 20.9. The predicted molar refractivity (Wildman–Crippen MR) is 68.1 cm³/mol. The minimum atomic E-state index is 0.272. The molecule has 1 atom stereocenters. The highest BCUT2D eigenvalue weighted by atomic mass is 16.3. The maximum absolute atomic E-state index is 9.21. The van der Waals surface area contributed by atoms with Crippen molar-refractivity contribution >= 4 is 5.82 Å². The van der Waals surface area contributed by atoms with E-state index in [0.29, 0.717) is 11.8 Å². The summed E-state index contributed by atoms with van der Waals surface area (Å²) in [5.74, 6) is 1.74. The number of hydrogen-bond acceptors (Lipinski definition) is 4. The Bertz CT molecular complexity index is 350. The Morgan fingerprint density at radius 1 is 1.41 bits per heavy atom. The number of aliphatic hydroxyl groups excluding tert-OH is 1. The topological polar surface area (TPSA) is 49.2 Å². The quantitative estimate of drug-likeness (QED) is 0.868. The van der Waals surface area contributed by atoms with Crippen LogP contribution < -0.4 is 4.90 Å². The van der Waals surface area contributed by atoms with E-state index in [0.717, 1.165) is 37.4 Å². The maximum atomic E-state index is 9.21. The molecule has 1 fully saturated rings. The van der Waals surface area contributed by atoms with Gasteiger partial charge in [-0.2, -0.15) is 5.10 Å². The first kappa shape index (κ1) is 12.3. The lowest BCUT2D eigenvalue weighted by molar-refractivity contribution is 0.208. The summed E-state index contributed by atoms with van der Waals surface area (Å²) < 4.78 is 0. The van der Waals surface area contributed by atoms with Gasteiger partial charge in [0.15, 0.2) is 5.82 Å². The smallest absolute Gasteiger partial charge is 0.151 e. The molecule has 0 aliphatic carbocycles. The zero-order valence-corrected chi connectivity index (χ0v) is 10.6. The second kappa shape index (κ2) is 5.45. The van der Waals surface area contributed by atoms with Gasteiger partial charge in [-0.3, -0.25) is 0 Å². The largest absolute Gasteiger partial charge is 0.396 e. The third-order valence-corrected chi connectivity index (χ3v) is 3.36. The second-order valence-corrected chi connectivity index (χ2v) is 5.11. The SMILES string of the molecule is CC(C)c1ccc(N2CCCC(CO)C2)nn1. The Labute approximate surface area is 103 Å². The molecule has 1 aromatic rings. The molecular formula is C13H21N3O. The summed E-state index contributed by atoms with van der Waals surface area (Å²) >= 11 is 0. The van der Waals surface area contributed by atoms with Gasteiger partial charge in [0.2, 0.25) is 0 Å². The third kappa shape index (κ3) is 2.94. The fourth-order valence-corrected chi connectivity index (χ4v) is 2.23. The summed E-state index contributed by atoms with van der Waals surface area (Å²) in [7, 11) is 0. The van der Waals surface area contributed by atoms with Crippen LogP contribution in [0.15, 0.2) is 12.1 Å². The van der Waals surface area contributed by atoms with Gasteiger partial charge in [-0.15, -0.1) is 5.10 Å². The van der Waals surface area contributed by atoms with E-state index in [1.165, 1.54) is 0 Å². The molecule has 1 aliphatic heterocycles. The van der Waals surface area contributed by atoms with Crippen LogP contribution >= 0.6 is 0 Å². The molecule has 0 bridgehead atoms. The van der Waals surface area contributed by atoms with Crippen molar-refractivity contribution in [1.82, 2.24) is 10.2 Å². The van der Waals surface area contributed by atoms with Crippen LogP contribution in [0.2, 0.25) is 0 Å². The lowest BCUT2D eigenvalue weighted by Crippen LogP contribution is -2.37. The highest BCUT2D eigenvalue weighted by Gasteiger charge is 2.20. The molecule has 2 heterocycles. The molecule has 0 radical (unpaired) electrons. The van der Waals surface area contributed by atoms with Crippen molar-refractivity contribution in [1.29, 1.82) is 0 Å². The molecule has 0 aromatic carbocycles. The fourth-order valence-electron chi connectivity index (χ4n) is 2.23. The molecule has 1 aliphatic rings. The summed E-state index contributed by atoms with van der Waals surface area (Å²) in [5, 5.41) is 17.7. The van der Waals surface area contributed by atoms with Gasteiger partial charge >= 0.3 is 0 Å². The Hall–Kier alpha value is -1.16. The van der Waals surface area contributed by atoms with Gasteiger partial charge in [0, 0.05) is 19.7 Å². The molecule has 1 saturated heterocycles. The first-order valence-corrected chi connectivity index (χ1v) is 6.40. The van der Waals surface area contributed by atoms with Gasteiger partial charge in [-0.25, -0.2) is 0 Å². The standard InChI is InChI=1S/C13H21N3O/c1-10(2)12-5-6-13(15-14-12)16-7-3-4-11(8-16)9-17/h5-6,10-11,17H,3-4,7-9H2,1-2H3. The van der Waals surface area contributed by atoms with Gasteiger partial charge in [-0.1, -0.05) is 13.8 Å². The summed E-state index contributed by atoms with van der Waals surface area (Å²) in [6.07, 6.45) is 2.24. The van der Waals surface area contributed by atoms with Crippen molar-refractivity contribution in [2.75, 3.05) is 24.6 Å². The number of nitrogens with zero attached hydrogens (tertiary/aromatic N) is 3. The molecule has 1 aromatic heterocycles. The van der Waals surface area contributed by atoms with E-state index in [1.54, 1.807) is 0 Å². The van der Waals surface area contributed by atoms with Crippen LogP contribution in [-0.4, -0.2) is 35.0 Å². The molecule has 2 rings (SSSR count). The fraction of sp³-hybridized carbons (Fsp3) is 0.692.